The number of nitrogens with one attached hydrogen (secondary N) is 2. The molecule has 2 unspecified atom stereocenters. The van der Waals surface area contributed by atoms with Crippen LogP contribution in [0.5, 0.6) is 5.75 Å². The number of aromatic nitrogens is 2. The Bertz CT molecular complexity index is 1010. The van der Waals surface area contributed by atoms with Gasteiger partial charge in [0.15, 0.2) is 6.61 Å². The first-order valence-corrected chi connectivity index (χ1v) is 11.6. The summed E-state index contributed by atoms with van der Waals surface area (Å²) in [5.41, 5.74) is 7.28. The SMILES string of the molecule is N#Cc1cnc(NCc2ccccc2OCC(F)(F)F)nc1NCC1C[C@H]2CCC[C@@H](C1)C2N. The van der Waals surface area contributed by atoms with E-state index in [2.05, 4.69) is 26.7 Å². The van der Waals surface area contributed by atoms with Gasteiger partial charge < -0.3 is 21.1 Å². The van der Waals surface area contributed by atoms with Gasteiger partial charge in [0.25, 0.3) is 0 Å². The summed E-state index contributed by atoms with van der Waals surface area (Å²) < 4.78 is 42.5. The first-order chi connectivity index (χ1) is 16.3. The van der Waals surface area contributed by atoms with Gasteiger partial charge in [-0.05, 0) is 49.5 Å². The molecule has 10 heteroatoms. The monoisotopic (exact) mass is 474 g/mol. The average Bonchev–Trinajstić information content (AvgIpc) is 2.80. The molecule has 4 rings (SSSR count). The molecule has 0 aliphatic heterocycles. The van der Waals surface area contributed by atoms with E-state index in [-0.39, 0.29) is 18.2 Å². The molecule has 182 valence electrons. The van der Waals surface area contributed by atoms with Gasteiger partial charge >= 0.3 is 6.18 Å². The molecule has 2 bridgehead atoms. The van der Waals surface area contributed by atoms with Crippen molar-refractivity contribution in [2.45, 2.75) is 50.9 Å². The van der Waals surface area contributed by atoms with E-state index in [1.54, 1.807) is 18.2 Å². The number of fused-ring (bicyclic) bond motifs is 2. The molecule has 1 aromatic carbocycles. The molecular weight excluding hydrogens is 445 g/mol. The Morgan fingerprint density at radius 3 is 2.59 bits per heavy atom. The molecule has 1 heterocycles. The number of rotatable bonds is 8. The van der Waals surface area contributed by atoms with Gasteiger partial charge in [-0.3, -0.25) is 0 Å². The van der Waals surface area contributed by atoms with E-state index in [4.69, 9.17) is 10.5 Å². The van der Waals surface area contributed by atoms with Gasteiger partial charge in [-0.2, -0.15) is 23.4 Å². The number of hydrogen-bond donors (Lipinski definition) is 3. The highest BCUT2D eigenvalue weighted by atomic mass is 19.4. The molecule has 4 atom stereocenters. The van der Waals surface area contributed by atoms with Crippen LogP contribution in [0.1, 0.15) is 43.2 Å². The van der Waals surface area contributed by atoms with Crippen molar-refractivity contribution < 1.29 is 17.9 Å². The third-order valence-electron chi connectivity index (χ3n) is 6.78. The zero-order valence-corrected chi connectivity index (χ0v) is 18.8. The van der Waals surface area contributed by atoms with Crippen LogP contribution in [0.4, 0.5) is 24.9 Å². The minimum Gasteiger partial charge on any atom is -0.484 e. The maximum atomic E-state index is 12.5. The Morgan fingerprint density at radius 2 is 1.88 bits per heavy atom. The number of benzene rings is 1. The molecule has 7 nitrogen and oxygen atoms in total. The molecule has 2 aliphatic carbocycles. The number of nitrogens with zero attached hydrogens (tertiary/aromatic N) is 3. The number of anilines is 2. The van der Waals surface area contributed by atoms with E-state index in [1.165, 1.54) is 31.5 Å². The van der Waals surface area contributed by atoms with Gasteiger partial charge in [0.05, 0.1) is 6.20 Å². The first-order valence-electron chi connectivity index (χ1n) is 11.6. The fourth-order valence-corrected chi connectivity index (χ4v) is 5.13. The van der Waals surface area contributed by atoms with Crippen molar-refractivity contribution in [1.82, 2.24) is 9.97 Å². The Morgan fingerprint density at radius 1 is 1.15 bits per heavy atom. The van der Waals surface area contributed by atoms with Crippen LogP contribution in [0.2, 0.25) is 0 Å². The number of halogens is 3. The summed E-state index contributed by atoms with van der Waals surface area (Å²) in [4.78, 5) is 8.61. The highest BCUT2D eigenvalue weighted by Gasteiger charge is 2.38. The largest absolute Gasteiger partial charge is 0.484 e. The second kappa shape index (κ2) is 10.5. The molecule has 34 heavy (non-hydrogen) atoms. The lowest BCUT2D eigenvalue weighted by Gasteiger charge is -2.44. The number of hydrogen-bond acceptors (Lipinski definition) is 7. The normalized spacial score (nSPS) is 24.2. The van der Waals surface area contributed by atoms with Gasteiger partial charge in [-0.25, -0.2) is 4.98 Å². The fourth-order valence-electron chi connectivity index (χ4n) is 5.13. The highest BCUT2D eigenvalue weighted by molar-refractivity contribution is 5.53. The van der Waals surface area contributed by atoms with E-state index in [0.717, 1.165) is 12.8 Å². The second-order valence-electron chi connectivity index (χ2n) is 9.18. The minimum absolute atomic E-state index is 0.139. The van der Waals surface area contributed by atoms with Crippen LogP contribution in [-0.4, -0.2) is 35.3 Å². The molecule has 4 N–H and O–H groups in total. The Kier molecular flexibility index (Phi) is 7.41. The summed E-state index contributed by atoms with van der Waals surface area (Å²) in [7, 11) is 0. The van der Waals surface area contributed by atoms with Gasteiger partial charge in [0.2, 0.25) is 5.95 Å². The maximum absolute atomic E-state index is 12.5. The van der Waals surface area contributed by atoms with Crippen LogP contribution in [0.3, 0.4) is 0 Å². The molecule has 2 aromatic rings. The van der Waals surface area contributed by atoms with Gasteiger partial charge in [-0.15, -0.1) is 0 Å². The zero-order chi connectivity index (χ0) is 24.1. The summed E-state index contributed by atoms with van der Waals surface area (Å²) in [5.74, 6) is 2.47. The predicted octanol–water partition coefficient (Wildman–Crippen LogP) is 4.47. The molecule has 2 aliphatic rings. The Labute approximate surface area is 196 Å². The van der Waals surface area contributed by atoms with Crippen molar-refractivity contribution in [3.63, 3.8) is 0 Å². The molecule has 0 radical (unpaired) electrons. The second-order valence-corrected chi connectivity index (χ2v) is 9.18. The molecule has 0 amide bonds. The van der Waals surface area contributed by atoms with Crippen molar-refractivity contribution >= 4 is 11.8 Å². The summed E-state index contributed by atoms with van der Waals surface area (Å²) in [6.07, 6.45) is 2.82. The van der Waals surface area contributed by atoms with Gasteiger partial charge in [-0.1, -0.05) is 24.6 Å². The molecule has 1 aromatic heterocycles. The van der Waals surface area contributed by atoms with Crippen molar-refractivity contribution in [1.29, 1.82) is 5.26 Å². The van der Waals surface area contributed by atoms with Crippen molar-refractivity contribution in [2.75, 3.05) is 23.8 Å². The number of nitriles is 1. The average molecular weight is 475 g/mol. The lowest BCUT2D eigenvalue weighted by molar-refractivity contribution is -0.153. The minimum atomic E-state index is -4.42. The number of ether oxygens (including phenoxy) is 1. The predicted molar refractivity (Wildman–Crippen MR) is 122 cm³/mol. The van der Waals surface area contributed by atoms with Crippen LogP contribution < -0.4 is 21.1 Å². The lowest BCUT2D eigenvalue weighted by atomic mass is 9.65. The summed E-state index contributed by atoms with van der Waals surface area (Å²) in [6, 6.07) is 8.90. The highest BCUT2D eigenvalue weighted by Crippen LogP contribution is 2.41. The molecule has 2 saturated carbocycles. The van der Waals surface area contributed by atoms with E-state index >= 15 is 0 Å². The summed E-state index contributed by atoms with van der Waals surface area (Å²) in [6.45, 7) is -0.485. The molecular formula is C24H29F3N6O. The quantitative estimate of drug-likeness (QED) is 0.518. The number of para-hydroxylation sites is 1. The van der Waals surface area contributed by atoms with Crippen LogP contribution in [0.25, 0.3) is 0 Å². The molecule has 0 saturated heterocycles. The zero-order valence-electron chi connectivity index (χ0n) is 18.8. The van der Waals surface area contributed by atoms with Crippen LogP contribution >= 0.6 is 0 Å². The lowest BCUT2D eigenvalue weighted by Crippen LogP contribution is -2.47. The maximum Gasteiger partial charge on any atom is 0.422 e. The standard InChI is InChI=1S/C24H29F3N6O/c25-24(26,27)14-34-20-7-2-1-4-18(20)12-31-23-32-13-19(10-28)22(33-23)30-11-15-8-16-5-3-6-17(9-15)21(16)29/h1-2,4,7,13,15-17,21H,3,5-6,8-9,11-12,14,29H2,(H2,30,31,32,33)/t15?,16-,17+,21?. The van der Waals surface area contributed by atoms with Crippen LogP contribution in [0.15, 0.2) is 30.5 Å². The third-order valence-corrected chi connectivity index (χ3v) is 6.78. The summed E-state index contributed by atoms with van der Waals surface area (Å²) in [5, 5.41) is 15.8. The Hall–Kier alpha value is -3.06. The molecule has 0 spiro atoms. The van der Waals surface area contributed by atoms with E-state index in [0.29, 0.717) is 47.3 Å². The van der Waals surface area contributed by atoms with E-state index in [9.17, 15) is 18.4 Å². The van der Waals surface area contributed by atoms with Crippen LogP contribution in [0, 0.1) is 29.1 Å². The third kappa shape index (κ3) is 6.08. The van der Waals surface area contributed by atoms with Crippen molar-refractivity contribution in [3.05, 3.63) is 41.6 Å². The topological polar surface area (TPSA) is 109 Å². The Balaban J connectivity index is 1.38. The van der Waals surface area contributed by atoms with Crippen molar-refractivity contribution in [2.24, 2.45) is 23.5 Å². The van der Waals surface area contributed by atoms with Crippen molar-refractivity contribution in [3.8, 4) is 11.8 Å². The van der Waals surface area contributed by atoms with E-state index in [1.807, 2.05) is 0 Å². The smallest absolute Gasteiger partial charge is 0.422 e. The number of alkyl halides is 3. The van der Waals surface area contributed by atoms with E-state index < -0.39 is 12.8 Å². The van der Waals surface area contributed by atoms with Gasteiger partial charge in [0.1, 0.15) is 23.2 Å². The first kappa shape index (κ1) is 24.1. The summed E-state index contributed by atoms with van der Waals surface area (Å²) >= 11 is 0. The van der Waals surface area contributed by atoms with Crippen LogP contribution in [-0.2, 0) is 6.54 Å². The fraction of sp³-hybridized carbons (Fsp3) is 0.542. The molecule has 2 fully saturated rings. The van der Waals surface area contributed by atoms with Gasteiger partial charge in [0, 0.05) is 24.7 Å². The number of nitrogens with two attached hydrogens (primary N) is 1.